The van der Waals surface area contributed by atoms with E-state index in [1.807, 2.05) is 71.4 Å². The molecule has 0 spiro atoms. The lowest BCUT2D eigenvalue weighted by molar-refractivity contribution is 0.0519. The molecule has 8 nitrogen and oxygen atoms in total. The van der Waals surface area contributed by atoms with Gasteiger partial charge in [-0.2, -0.15) is 5.10 Å². The van der Waals surface area contributed by atoms with Crippen molar-refractivity contribution in [2.24, 2.45) is 0 Å². The molecule has 4 heterocycles. The molecule has 1 aliphatic heterocycles. The molecular formula is C29H25N5O3. The maximum atomic E-state index is 13.8. The largest absolute Gasteiger partial charge is 0.459 e. The second-order valence-electron chi connectivity index (χ2n) is 9.01. The molecule has 1 aliphatic rings. The van der Waals surface area contributed by atoms with Gasteiger partial charge in [-0.15, -0.1) is 0 Å². The van der Waals surface area contributed by atoms with Gasteiger partial charge in [-0.3, -0.25) is 9.59 Å². The van der Waals surface area contributed by atoms with E-state index in [0.29, 0.717) is 49.7 Å². The summed E-state index contributed by atoms with van der Waals surface area (Å²) in [6, 6.07) is 25.1. The third-order valence-corrected chi connectivity index (χ3v) is 6.67. The van der Waals surface area contributed by atoms with Gasteiger partial charge in [0.1, 0.15) is 0 Å². The third kappa shape index (κ3) is 4.49. The highest BCUT2D eigenvalue weighted by Gasteiger charge is 2.28. The van der Waals surface area contributed by atoms with Crippen LogP contribution in [-0.4, -0.2) is 62.6 Å². The lowest BCUT2D eigenvalue weighted by atomic mass is 10.1. The van der Waals surface area contributed by atoms with Crippen LogP contribution in [0.1, 0.15) is 26.5 Å². The first-order valence-corrected chi connectivity index (χ1v) is 12.3. The van der Waals surface area contributed by atoms with Crippen molar-refractivity contribution in [3.05, 3.63) is 108 Å². The molecule has 3 aromatic heterocycles. The van der Waals surface area contributed by atoms with Crippen LogP contribution in [0.3, 0.4) is 0 Å². The lowest BCUT2D eigenvalue weighted by Gasteiger charge is -2.34. The van der Waals surface area contributed by atoms with Crippen molar-refractivity contribution in [1.29, 1.82) is 0 Å². The number of amides is 2. The molecule has 8 heteroatoms. The van der Waals surface area contributed by atoms with Gasteiger partial charge in [-0.25, -0.2) is 9.67 Å². The van der Waals surface area contributed by atoms with Crippen LogP contribution < -0.4 is 0 Å². The first-order valence-electron chi connectivity index (χ1n) is 12.3. The average Bonchev–Trinajstić information content (AvgIpc) is 3.64. The van der Waals surface area contributed by atoms with E-state index < -0.39 is 0 Å². The molecule has 0 aliphatic carbocycles. The van der Waals surface area contributed by atoms with Crippen molar-refractivity contribution in [3.8, 4) is 11.3 Å². The van der Waals surface area contributed by atoms with Gasteiger partial charge in [0.25, 0.3) is 11.8 Å². The Labute approximate surface area is 213 Å². The number of hydrogen-bond donors (Lipinski definition) is 0. The molecule has 37 heavy (non-hydrogen) atoms. The smallest absolute Gasteiger partial charge is 0.289 e. The second-order valence-corrected chi connectivity index (χ2v) is 9.01. The van der Waals surface area contributed by atoms with Gasteiger partial charge >= 0.3 is 0 Å². The Bertz CT molecular complexity index is 1540. The Morgan fingerprint density at radius 1 is 0.811 bits per heavy atom. The van der Waals surface area contributed by atoms with Gasteiger partial charge in [0.05, 0.1) is 35.6 Å². The number of carbonyl (C=O) groups excluding carboxylic acids is 2. The fraction of sp³-hybridized carbons (Fsp3) is 0.172. The predicted octanol–water partition coefficient (Wildman–Crippen LogP) is 4.34. The molecule has 0 N–H and O–H groups in total. The number of hydrogen-bond acceptors (Lipinski definition) is 5. The topological polar surface area (TPSA) is 84.5 Å². The van der Waals surface area contributed by atoms with Crippen molar-refractivity contribution in [2.45, 2.75) is 6.54 Å². The molecule has 0 atom stereocenters. The van der Waals surface area contributed by atoms with Crippen LogP contribution >= 0.6 is 0 Å². The number of rotatable bonds is 5. The predicted molar refractivity (Wildman–Crippen MR) is 139 cm³/mol. The summed E-state index contributed by atoms with van der Waals surface area (Å²) < 4.78 is 7.09. The second kappa shape index (κ2) is 9.73. The summed E-state index contributed by atoms with van der Waals surface area (Å²) in [5.74, 6) is 0.0693. The van der Waals surface area contributed by atoms with Crippen molar-refractivity contribution in [1.82, 2.24) is 24.6 Å². The van der Waals surface area contributed by atoms with Gasteiger partial charge in [-0.1, -0.05) is 60.7 Å². The summed E-state index contributed by atoms with van der Waals surface area (Å²) in [7, 11) is 0. The monoisotopic (exact) mass is 491 g/mol. The third-order valence-electron chi connectivity index (χ3n) is 6.67. The summed E-state index contributed by atoms with van der Waals surface area (Å²) in [6.45, 7) is 2.31. The summed E-state index contributed by atoms with van der Waals surface area (Å²) in [5.41, 5.74) is 3.98. The van der Waals surface area contributed by atoms with Crippen LogP contribution in [0.15, 0.2) is 95.7 Å². The fourth-order valence-corrected chi connectivity index (χ4v) is 4.69. The zero-order valence-corrected chi connectivity index (χ0v) is 20.2. The Balaban J connectivity index is 1.32. The van der Waals surface area contributed by atoms with E-state index in [4.69, 9.17) is 9.40 Å². The number of nitrogens with zero attached hydrogens (tertiary/aromatic N) is 5. The first-order chi connectivity index (χ1) is 18.2. The molecule has 0 bridgehead atoms. The normalized spacial score (nSPS) is 13.7. The number of piperazine rings is 1. The summed E-state index contributed by atoms with van der Waals surface area (Å²) >= 11 is 0. The van der Waals surface area contributed by atoms with Crippen LogP contribution in [0.5, 0.6) is 0 Å². The number of carbonyl (C=O) groups is 2. The molecule has 0 radical (unpaired) electrons. The number of pyridine rings is 1. The lowest BCUT2D eigenvalue weighted by Crippen LogP contribution is -2.50. The zero-order chi connectivity index (χ0) is 25.2. The first kappa shape index (κ1) is 22.7. The maximum absolute atomic E-state index is 13.8. The molecule has 2 amide bonds. The van der Waals surface area contributed by atoms with Gasteiger partial charge in [0.15, 0.2) is 11.4 Å². The highest BCUT2D eigenvalue weighted by molar-refractivity contribution is 6.06. The molecule has 0 saturated carbocycles. The molecule has 0 unspecified atom stereocenters. The van der Waals surface area contributed by atoms with Crippen molar-refractivity contribution < 1.29 is 14.0 Å². The van der Waals surface area contributed by atoms with Crippen molar-refractivity contribution in [2.75, 3.05) is 26.2 Å². The molecule has 1 saturated heterocycles. The van der Waals surface area contributed by atoms with Gasteiger partial charge < -0.3 is 14.2 Å². The number of fused-ring (bicyclic) bond motifs is 1. The van der Waals surface area contributed by atoms with E-state index in [2.05, 4.69) is 5.10 Å². The van der Waals surface area contributed by atoms with E-state index in [9.17, 15) is 9.59 Å². The minimum atomic E-state index is -0.156. The Morgan fingerprint density at radius 3 is 2.16 bits per heavy atom. The Morgan fingerprint density at radius 2 is 1.49 bits per heavy atom. The van der Waals surface area contributed by atoms with Crippen LogP contribution in [-0.2, 0) is 6.54 Å². The number of aromatic nitrogens is 3. The molecular weight excluding hydrogens is 466 g/mol. The van der Waals surface area contributed by atoms with Gasteiger partial charge in [0.2, 0.25) is 0 Å². The minimum absolute atomic E-state index is 0.0889. The van der Waals surface area contributed by atoms with E-state index in [1.54, 1.807) is 28.1 Å². The average molecular weight is 492 g/mol. The highest BCUT2D eigenvalue weighted by atomic mass is 16.3. The summed E-state index contributed by atoms with van der Waals surface area (Å²) in [6.07, 6.45) is 3.22. The fourth-order valence-electron chi connectivity index (χ4n) is 4.69. The quantitative estimate of drug-likeness (QED) is 0.365. The van der Waals surface area contributed by atoms with Crippen molar-refractivity contribution in [3.63, 3.8) is 0 Å². The van der Waals surface area contributed by atoms with Crippen LogP contribution in [0, 0.1) is 0 Å². The summed E-state index contributed by atoms with van der Waals surface area (Å²) in [5, 5.41) is 5.31. The minimum Gasteiger partial charge on any atom is -0.459 e. The Kier molecular flexibility index (Phi) is 5.98. The van der Waals surface area contributed by atoms with Gasteiger partial charge in [-0.05, 0) is 23.8 Å². The van der Waals surface area contributed by atoms with E-state index >= 15 is 0 Å². The molecule has 5 aromatic rings. The molecule has 6 rings (SSSR count). The van der Waals surface area contributed by atoms with E-state index in [1.165, 1.54) is 6.26 Å². The maximum Gasteiger partial charge on any atom is 0.289 e. The Hall–Kier alpha value is -4.72. The van der Waals surface area contributed by atoms with Crippen LogP contribution in [0.4, 0.5) is 0 Å². The SMILES string of the molecule is O=C(c1ccco1)N1CCN(C(=O)c2cc(-c3ccccc3)nc3c2cnn3Cc2ccccc2)CC1. The van der Waals surface area contributed by atoms with E-state index in [0.717, 1.165) is 22.2 Å². The standard InChI is InChI=1S/C29H25N5O3/c35-28(32-13-15-33(16-14-32)29(36)26-12-7-17-37-26)23-18-25(22-10-5-2-6-11-22)31-27-24(23)19-30-34(27)20-21-8-3-1-4-9-21/h1-12,17-19H,13-16,20H2. The van der Waals surface area contributed by atoms with Crippen molar-refractivity contribution >= 4 is 22.8 Å². The van der Waals surface area contributed by atoms with Crippen LogP contribution in [0.2, 0.25) is 0 Å². The molecule has 2 aromatic carbocycles. The van der Waals surface area contributed by atoms with E-state index in [-0.39, 0.29) is 11.8 Å². The van der Waals surface area contributed by atoms with Gasteiger partial charge in [0, 0.05) is 31.7 Å². The zero-order valence-electron chi connectivity index (χ0n) is 20.2. The summed E-state index contributed by atoms with van der Waals surface area (Å²) in [4.78, 5) is 34.9. The molecule has 1 fully saturated rings. The molecule has 184 valence electrons. The number of furan rings is 1. The highest BCUT2D eigenvalue weighted by Crippen LogP contribution is 2.27. The number of benzene rings is 2. The van der Waals surface area contributed by atoms with Crippen LogP contribution in [0.25, 0.3) is 22.3 Å².